The summed E-state index contributed by atoms with van der Waals surface area (Å²) in [7, 11) is 0. The van der Waals surface area contributed by atoms with Crippen molar-refractivity contribution in [2.45, 2.75) is 6.92 Å². The van der Waals surface area contributed by atoms with Crippen LogP contribution < -0.4 is 0 Å². The van der Waals surface area contributed by atoms with Crippen LogP contribution in [0.25, 0.3) is 0 Å². The van der Waals surface area contributed by atoms with Gasteiger partial charge in [-0.25, -0.2) is 0 Å². The molecular formula is C11H14. The minimum absolute atomic E-state index is 1.02. The molecule has 0 N–H and O–H groups in total. The fraction of sp³-hybridized carbons (Fsp3) is 0.0909. The second kappa shape index (κ2) is 5.48. The fourth-order valence-electron chi connectivity index (χ4n) is 0.543. The third kappa shape index (κ3) is 5.16. The van der Waals surface area contributed by atoms with E-state index in [0.29, 0.717) is 0 Å². The zero-order valence-electron chi connectivity index (χ0n) is 7.01. The van der Waals surface area contributed by atoms with Gasteiger partial charge >= 0.3 is 0 Å². The van der Waals surface area contributed by atoms with Gasteiger partial charge in [-0.3, -0.25) is 0 Å². The molecule has 0 amide bonds. The molecule has 0 aliphatic rings. The predicted octanol–water partition coefficient (Wildman–Crippen LogP) is 3.42. The van der Waals surface area contributed by atoms with Crippen LogP contribution in [-0.2, 0) is 0 Å². The van der Waals surface area contributed by atoms with Crippen LogP contribution in [0.1, 0.15) is 6.92 Å². The highest BCUT2D eigenvalue weighted by molar-refractivity contribution is 5.32. The fourth-order valence-corrected chi connectivity index (χ4v) is 0.543. The molecule has 0 fully saturated rings. The third-order valence-electron chi connectivity index (χ3n) is 1.14. The van der Waals surface area contributed by atoms with Crippen molar-refractivity contribution in [3.05, 3.63) is 61.3 Å². The van der Waals surface area contributed by atoms with Crippen LogP contribution in [0.15, 0.2) is 61.3 Å². The Morgan fingerprint density at radius 2 is 1.73 bits per heavy atom. The van der Waals surface area contributed by atoms with Crippen LogP contribution in [0.4, 0.5) is 0 Å². The number of hydrogen-bond donors (Lipinski definition) is 0. The molecule has 0 saturated carbocycles. The molecule has 0 nitrogen and oxygen atoms in total. The maximum atomic E-state index is 3.74. The highest BCUT2D eigenvalue weighted by atomic mass is 13.8. The standard InChI is InChI=1S/C11H14/c1-5-11(6-2)9-7-8-10(3)4/h5-9H,1-3H2,4H3/b8-7+. The maximum Gasteiger partial charge on any atom is -0.0268 e. The Bertz CT molecular complexity index is 204. The lowest BCUT2D eigenvalue weighted by Gasteiger charge is -1.86. The van der Waals surface area contributed by atoms with Crippen molar-refractivity contribution >= 4 is 0 Å². The first kappa shape index (κ1) is 9.70. The monoisotopic (exact) mass is 146 g/mol. The lowest BCUT2D eigenvalue weighted by atomic mass is 10.2. The largest absolute Gasteiger partial charge is 0.0985 e. The Morgan fingerprint density at radius 3 is 2.09 bits per heavy atom. The highest BCUT2D eigenvalue weighted by Crippen LogP contribution is 1.97. The Labute approximate surface area is 68.9 Å². The quantitative estimate of drug-likeness (QED) is 0.533. The number of hydrogen-bond acceptors (Lipinski definition) is 0. The average molecular weight is 146 g/mol. The van der Waals surface area contributed by atoms with E-state index >= 15 is 0 Å². The summed E-state index contributed by atoms with van der Waals surface area (Å²) < 4.78 is 0. The first-order valence-corrected chi connectivity index (χ1v) is 3.49. The van der Waals surface area contributed by atoms with Gasteiger partial charge in [0.25, 0.3) is 0 Å². The summed E-state index contributed by atoms with van der Waals surface area (Å²) in [4.78, 5) is 0. The van der Waals surface area contributed by atoms with Crippen LogP contribution in [-0.4, -0.2) is 0 Å². The van der Waals surface area contributed by atoms with Crippen molar-refractivity contribution in [2.24, 2.45) is 0 Å². The number of allylic oxidation sites excluding steroid dienone is 7. The predicted molar refractivity (Wildman–Crippen MR) is 52.4 cm³/mol. The van der Waals surface area contributed by atoms with E-state index in [-0.39, 0.29) is 0 Å². The summed E-state index contributed by atoms with van der Waals surface area (Å²) in [5.74, 6) is 0. The lowest BCUT2D eigenvalue weighted by Crippen LogP contribution is -1.66. The van der Waals surface area contributed by atoms with Gasteiger partial charge in [-0.05, 0) is 12.5 Å². The minimum Gasteiger partial charge on any atom is -0.0985 e. The van der Waals surface area contributed by atoms with Gasteiger partial charge < -0.3 is 0 Å². The Kier molecular flexibility index (Phi) is 4.83. The summed E-state index contributed by atoms with van der Waals surface area (Å²) in [5.41, 5.74) is 2.05. The Balaban J connectivity index is 4.19. The Morgan fingerprint density at radius 1 is 1.18 bits per heavy atom. The van der Waals surface area contributed by atoms with Crippen LogP contribution in [0, 0.1) is 0 Å². The molecule has 11 heavy (non-hydrogen) atoms. The van der Waals surface area contributed by atoms with Crippen molar-refractivity contribution in [3.63, 3.8) is 0 Å². The molecule has 0 spiro atoms. The van der Waals surface area contributed by atoms with Gasteiger partial charge in [0.1, 0.15) is 0 Å². The number of rotatable bonds is 4. The molecular weight excluding hydrogens is 132 g/mol. The first-order chi connectivity index (χ1) is 5.20. The molecule has 0 rings (SSSR count). The molecule has 0 heterocycles. The summed E-state index contributed by atoms with van der Waals surface area (Å²) in [5, 5.41) is 0. The van der Waals surface area contributed by atoms with Crippen molar-refractivity contribution in [1.82, 2.24) is 0 Å². The molecule has 0 aliphatic carbocycles. The topological polar surface area (TPSA) is 0 Å². The zero-order chi connectivity index (χ0) is 8.69. The second-order valence-electron chi connectivity index (χ2n) is 2.28. The maximum absolute atomic E-state index is 3.74. The Hall–Kier alpha value is -1.30. The van der Waals surface area contributed by atoms with Crippen molar-refractivity contribution in [1.29, 1.82) is 0 Å². The van der Waals surface area contributed by atoms with Crippen molar-refractivity contribution in [2.75, 3.05) is 0 Å². The van der Waals surface area contributed by atoms with Crippen LogP contribution in [0.2, 0.25) is 0 Å². The van der Waals surface area contributed by atoms with Gasteiger partial charge in [0.05, 0.1) is 0 Å². The van der Waals surface area contributed by atoms with Crippen LogP contribution >= 0.6 is 0 Å². The van der Waals surface area contributed by atoms with E-state index < -0.39 is 0 Å². The highest BCUT2D eigenvalue weighted by Gasteiger charge is 1.77. The summed E-state index contributed by atoms with van der Waals surface area (Å²) in [6.45, 7) is 13.0. The van der Waals surface area contributed by atoms with E-state index in [4.69, 9.17) is 0 Å². The van der Waals surface area contributed by atoms with Gasteiger partial charge in [-0.1, -0.05) is 55.7 Å². The summed E-state index contributed by atoms with van der Waals surface area (Å²) in [6.07, 6.45) is 9.33. The molecule has 0 bridgehead atoms. The van der Waals surface area contributed by atoms with Gasteiger partial charge in [0.2, 0.25) is 0 Å². The van der Waals surface area contributed by atoms with E-state index in [0.717, 1.165) is 11.1 Å². The van der Waals surface area contributed by atoms with Crippen LogP contribution in [0.3, 0.4) is 0 Å². The molecule has 0 atom stereocenters. The molecule has 0 aromatic heterocycles. The minimum atomic E-state index is 1.02. The molecule has 0 aromatic rings. The van der Waals surface area contributed by atoms with E-state index in [9.17, 15) is 0 Å². The first-order valence-electron chi connectivity index (χ1n) is 3.49. The van der Waals surface area contributed by atoms with Gasteiger partial charge in [0, 0.05) is 0 Å². The van der Waals surface area contributed by atoms with E-state index in [2.05, 4.69) is 19.7 Å². The molecule has 0 aromatic carbocycles. The molecule has 0 saturated heterocycles. The molecule has 58 valence electrons. The zero-order valence-corrected chi connectivity index (χ0v) is 7.01. The summed E-state index contributed by atoms with van der Waals surface area (Å²) >= 11 is 0. The van der Waals surface area contributed by atoms with Gasteiger partial charge in [-0.2, -0.15) is 0 Å². The van der Waals surface area contributed by atoms with Crippen molar-refractivity contribution < 1.29 is 0 Å². The van der Waals surface area contributed by atoms with E-state index in [1.165, 1.54) is 0 Å². The molecule has 0 radical (unpaired) electrons. The second-order valence-corrected chi connectivity index (χ2v) is 2.28. The van der Waals surface area contributed by atoms with Crippen molar-refractivity contribution in [3.8, 4) is 0 Å². The normalized spacial score (nSPS) is 9.18. The van der Waals surface area contributed by atoms with E-state index in [1.54, 1.807) is 12.2 Å². The van der Waals surface area contributed by atoms with Gasteiger partial charge in [0.15, 0.2) is 0 Å². The SMILES string of the molecule is C=CC(C=C)=C/C=C/C(=C)C. The molecule has 0 heteroatoms. The lowest BCUT2D eigenvalue weighted by molar-refractivity contribution is 1.56. The third-order valence-corrected chi connectivity index (χ3v) is 1.14. The van der Waals surface area contributed by atoms with Crippen LogP contribution in [0.5, 0.6) is 0 Å². The summed E-state index contributed by atoms with van der Waals surface area (Å²) in [6, 6.07) is 0. The average Bonchev–Trinajstić information content (AvgIpc) is 1.98. The molecule has 0 aliphatic heterocycles. The smallest absolute Gasteiger partial charge is 0.0268 e. The van der Waals surface area contributed by atoms with Gasteiger partial charge in [-0.15, -0.1) is 0 Å². The molecule has 0 unspecified atom stereocenters. The van der Waals surface area contributed by atoms with E-state index in [1.807, 2.05) is 25.2 Å².